The average molecular weight is 243 g/mol. The van der Waals surface area contributed by atoms with Gasteiger partial charge in [-0.3, -0.25) is 0 Å². The van der Waals surface area contributed by atoms with Gasteiger partial charge in [0.1, 0.15) is 0 Å². The van der Waals surface area contributed by atoms with Crippen molar-refractivity contribution >= 4 is 20.2 Å². The minimum absolute atomic E-state index is 0. The smallest absolute Gasteiger partial charge is 0.748 e. The topological polar surface area (TPSA) is 114 Å². The predicted octanol–water partition coefficient (Wildman–Crippen LogP) is -1.93. The van der Waals surface area contributed by atoms with Gasteiger partial charge < -0.3 is 9.11 Å². The fourth-order valence-electron chi connectivity index (χ4n) is 0.204. The van der Waals surface area contributed by atoms with Gasteiger partial charge in [-0.05, 0) is 0 Å². The zero-order valence-electron chi connectivity index (χ0n) is 5.06. The van der Waals surface area contributed by atoms with E-state index in [0.717, 1.165) is 0 Å². The van der Waals surface area contributed by atoms with E-state index in [4.69, 9.17) is 0 Å². The van der Waals surface area contributed by atoms with Gasteiger partial charge in [-0.1, -0.05) is 0 Å². The van der Waals surface area contributed by atoms with Gasteiger partial charge in [0, 0.05) is 0 Å². The van der Waals surface area contributed by atoms with Crippen LogP contribution in [0, 0.1) is 0 Å². The molecule has 67 valence electrons. The first-order valence-corrected chi connectivity index (χ1v) is 5.23. The van der Waals surface area contributed by atoms with Crippen molar-refractivity contribution < 1.29 is 43.0 Å². The summed E-state index contributed by atoms with van der Waals surface area (Å²) in [6.07, 6.45) is 0. The molecule has 0 rings (SSSR count). The van der Waals surface area contributed by atoms with Crippen molar-refractivity contribution in [3.63, 3.8) is 0 Å². The van der Waals surface area contributed by atoms with Gasteiger partial charge in [-0.25, -0.2) is 16.8 Å². The molecule has 0 fully saturated rings. The third kappa shape index (κ3) is 13.3. The maximum atomic E-state index is 9.72. The molecule has 0 saturated carbocycles. The van der Waals surface area contributed by atoms with E-state index in [-0.39, 0.29) is 17.1 Å². The van der Waals surface area contributed by atoms with Crippen LogP contribution in [-0.4, -0.2) is 37.4 Å². The predicted molar refractivity (Wildman–Crippen MR) is 29.1 cm³/mol. The average Bonchev–Trinajstić information content (AvgIpc) is 1.57. The summed E-state index contributed by atoms with van der Waals surface area (Å²) in [5.74, 6) is -2.31. The summed E-state index contributed by atoms with van der Waals surface area (Å²) >= 11 is 0. The standard InChI is InChI=1S/C2H6O6S2.Mn/c3-9(4,5)1-2-10(6,7)8;/h1-2H2,(H,3,4,5)(H,6,7,8);/q;+2/p-2. The first-order valence-electron chi connectivity index (χ1n) is 2.08. The summed E-state index contributed by atoms with van der Waals surface area (Å²) in [6, 6.07) is 0. The molecule has 0 bridgehead atoms. The van der Waals surface area contributed by atoms with Gasteiger partial charge in [-0.15, -0.1) is 0 Å². The minimum Gasteiger partial charge on any atom is -0.748 e. The second kappa shape index (κ2) is 4.39. The van der Waals surface area contributed by atoms with Crippen LogP contribution in [0.1, 0.15) is 0 Å². The van der Waals surface area contributed by atoms with Crippen LogP contribution in [0.15, 0.2) is 0 Å². The molecular formula is C2H4MnO6S2. The Labute approximate surface area is 75.0 Å². The molecule has 0 aliphatic carbocycles. The third-order valence-electron chi connectivity index (χ3n) is 0.583. The van der Waals surface area contributed by atoms with Crippen LogP contribution >= 0.6 is 0 Å². The van der Waals surface area contributed by atoms with Gasteiger partial charge in [0.05, 0.1) is 31.7 Å². The van der Waals surface area contributed by atoms with Crippen molar-refractivity contribution in [2.45, 2.75) is 0 Å². The van der Waals surface area contributed by atoms with Gasteiger partial charge in [0.25, 0.3) is 0 Å². The number of hydrogen-bond acceptors (Lipinski definition) is 6. The molecular weight excluding hydrogens is 239 g/mol. The van der Waals surface area contributed by atoms with Crippen LogP contribution in [0.25, 0.3) is 0 Å². The Morgan fingerprint density at radius 3 is 1.09 bits per heavy atom. The Morgan fingerprint density at radius 2 is 1.00 bits per heavy atom. The summed E-state index contributed by atoms with van der Waals surface area (Å²) < 4.78 is 58.3. The first kappa shape index (κ1) is 13.9. The van der Waals surface area contributed by atoms with Crippen LogP contribution in [0.4, 0.5) is 0 Å². The van der Waals surface area contributed by atoms with Gasteiger partial charge in [-0.2, -0.15) is 0 Å². The van der Waals surface area contributed by atoms with Crippen molar-refractivity contribution in [1.82, 2.24) is 0 Å². The second-order valence-corrected chi connectivity index (χ2v) is 4.57. The van der Waals surface area contributed by atoms with E-state index in [0.29, 0.717) is 0 Å². The molecule has 0 heterocycles. The Balaban J connectivity index is 0. The number of rotatable bonds is 3. The maximum absolute atomic E-state index is 9.72. The molecule has 0 N–H and O–H groups in total. The quantitative estimate of drug-likeness (QED) is 0.421. The Morgan fingerprint density at radius 1 is 0.818 bits per heavy atom. The molecule has 0 aromatic carbocycles. The Kier molecular flexibility index (Phi) is 5.54. The fraction of sp³-hybridized carbons (Fsp3) is 1.00. The molecule has 9 heteroatoms. The van der Waals surface area contributed by atoms with E-state index in [1.807, 2.05) is 0 Å². The van der Waals surface area contributed by atoms with Crippen LogP contribution in [0.5, 0.6) is 0 Å². The Bertz CT molecular complexity index is 255. The molecule has 0 aliphatic heterocycles. The van der Waals surface area contributed by atoms with Crippen LogP contribution in [-0.2, 0) is 37.3 Å². The second-order valence-electron chi connectivity index (χ2n) is 1.52. The molecule has 0 aromatic rings. The van der Waals surface area contributed by atoms with E-state index in [2.05, 4.69) is 0 Å². The van der Waals surface area contributed by atoms with E-state index >= 15 is 0 Å². The van der Waals surface area contributed by atoms with E-state index in [1.54, 1.807) is 0 Å². The molecule has 0 aromatic heterocycles. The van der Waals surface area contributed by atoms with Gasteiger partial charge >= 0.3 is 17.1 Å². The first-order chi connectivity index (χ1) is 4.21. The largest absolute Gasteiger partial charge is 2.00 e. The summed E-state index contributed by atoms with van der Waals surface area (Å²) in [7, 11) is -9.17. The Hall–Kier alpha value is 0.339. The molecule has 0 atom stereocenters. The van der Waals surface area contributed by atoms with Crippen LogP contribution in [0.2, 0.25) is 0 Å². The van der Waals surface area contributed by atoms with Crippen molar-refractivity contribution in [3.8, 4) is 0 Å². The van der Waals surface area contributed by atoms with Gasteiger partial charge in [0.15, 0.2) is 0 Å². The summed E-state index contributed by atoms with van der Waals surface area (Å²) in [4.78, 5) is 0. The molecule has 0 aliphatic rings. The molecule has 0 spiro atoms. The zero-order chi connectivity index (χ0) is 8.41. The monoisotopic (exact) mass is 243 g/mol. The summed E-state index contributed by atoms with van der Waals surface area (Å²) in [6.45, 7) is 0. The van der Waals surface area contributed by atoms with Crippen LogP contribution < -0.4 is 0 Å². The third-order valence-corrected chi connectivity index (χ3v) is 2.25. The zero-order valence-corrected chi connectivity index (χ0v) is 7.87. The van der Waals surface area contributed by atoms with Crippen molar-refractivity contribution in [2.24, 2.45) is 0 Å². The molecule has 6 nitrogen and oxygen atoms in total. The normalized spacial score (nSPS) is 12.2. The summed E-state index contributed by atoms with van der Waals surface area (Å²) in [5, 5.41) is 0. The van der Waals surface area contributed by atoms with Gasteiger partial charge in [0.2, 0.25) is 0 Å². The molecule has 0 unspecified atom stereocenters. The molecule has 0 amide bonds. The molecule has 1 radical (unpaired) electrons. The van der Waals surface area contributed by atoms with Crippen molar-refractivity contribution in [2.75, 3.05) is 11.5 Å². The summed E-state index contributed by atoms with van der Waals surface area (Å²) in [5.41, 5.74) is 0. The van der Waals surface area contributed by atoms with E-state index < -0.39 is 31.7 Å². The SMILES string of the molecule is O=S(=O)([O-])CCS(=O)(=O)[O-].[Mn+2]. The minimum atomic E-state index is -4.59. The fourth-order valence-corrected chi connectivity index (χ4v) is 1.84. The van der Waals surface area contributed by atoms with Crippen molar-refractivity contribution in [3.05, 3.63) is 0 Å². The van der Waals surface area contributed by atoms with E-state index in [1.165, 1.54) is 0 Å². The molecule has 0 saturated heterocycles. The van der Waals surface area contributed by atoms with Crippen LogP contribution in [0.3, 0.4) is 0 Å². The maximum Gasteiger partial charge on any atom is 2.00 e. The number of hydrogen-bond donors (Lipinski definition) is 0. The van der Waals surface area contributed by atoms with Crippen molar-refractivity contribution in [1.29, 1.82) is 0 Å². The molecule has 11 heavy (non-hydrogen) atoms. The van der Waals surface area contributed by atoms with E-state index in [9.17, 15) is 25.9 Å².